The number of carbonyl (C=O) groups is 1. The summed E-state index contributed by atoms with van der Waals surface area (Å²) in [7, 11) is 0. The molecule has 2 fully saturated rings. The van der Waals surface area contributed by atoms with E-state index in [4.69, 9.17) is 11.5 Å². The van der Waals surface area contributed by atoms with Gasteiger partial charge in [-0.1, -0.05) is 31.2 Å². The number of carbonyl (C=O) groups excluding carboxylic acids is 1. The van der Waals surface area contributed by atoms with E-state index in [0.29, 0.717) is 23.3 Å². The lowest BCUT2D eigenvalue weighted by Gasteiger charge is -2.49. The lowest BCUT2D eigenvalue weighted by Crippen LogP contribution is -2.44. The van der Waals surface area contributed by atoms with Gasteiger partial charge in [-0.25, -0.2) is 0 Å². The first-order valence-electron chi connectivity index (χ1n) is 11.0. The highest BCUT2D eigenvalue weighted by Crippen LogP contribution is 2.62. The number of primary amides is 1. The Balaban J connectivity index is 1.47. The van der Waals surface area contributed by atoms with Crippen molar-refractivity contribution in [3.8, 4) is 0 Å². The van der Waals surface area contributed by atoms with E-state index in [9.17, 15) is 9.90 Å². The number of amides is 1. The van der Waals surface area contributed by atoms with Crippen molar-refractivity contribution >= 4 is 17.7 Å². The lowest BCUT2D eigenvalue weighted by molar-refractivity contribution is -0.0158. The van der Waals surface area contributed by atoms with Gasteiger partial charge in [-0.2, -0.15) is 0 Å². The lowest BCUT2D eigenvalue weighted by atomic mass is 9.55. The Morgan fingerprint density at radius 1 is 1.20 bits per heavy atom. The summed E-state index contributed by atoms with van der Waals surface area (Å²) in [5, 5.41) is 11.3. The number of aliphatic hydroxyl groups is 1. The third kappa shape index (κ3) is 2.97. The molecule has 0 aliphatic heterocycles. The summed E-state index contributed by atoms with van der Waals surface area (Å²) >= 11 is 0. The average Bonchev–Trinajstić information content (AvgIpc) is 2.98. The van der Waals surface area contributed by atoms with Gasteiger partial charge in [-0.3, -0.25) is 4.79 Å². The van der Waals surface area contributed by atoms with Crippen LogP contribution in [0.3, 0.4) is 0 Å². The number of benzene rings is 2. The average molecular weight is 403 g/mol. The van der Waals surface area contributed by atoms with Gasteiger partial charge in [-0.05, 0) is 96.4 Å². The van der Waals surface area contributed by atoms with Gasteiger partial charge in [0.2, 0.25) is 5.91 Å². The van der Waals surface area contributed by atoms with Crippen molar-refractivity contribution in [2.24, 2.45) is 23.0 Å². The van der Waals surface area contributed by atoms with Crippen molar-refractivity contribution in [1.82, 2.24) is 0 Å². The zero-order valence-electron chi connectivity index (χ0n) is 17.5. The first-order chi connectivity index (χ1) is 14.4. The smallest absolute Gasteiger partial charge is 0.248 e. The number of aryl methyl sites for hydroxylation is 1. The van der Waals surface area contributed by atoms with Crippen molar-refractivity contribution in [1.29, 1.82) is 0 Å². The van der Waals surface area contributed by atoms with Gasteiger partial charge in [0.15, 0.2) is 0 Å². The number of aliphatic hydroxyl groups excluding tert-OH is 1. The molecule has 0 saturated heterocycles. The third-order valence-corrected chi connectivity index (χ3v) is 8.14. The quantitative estimate of drug-likeness (QED) is 0.655. The molecule has 0 bridgehead atoms. The van der Waals surface area contributed by atoms with Gasteiger partial charge in [0, 0.05) is 16.7 Å². The molecule has 0 heterocycles. The Bertz CT molecular complexity index is 1040. The first kappa shape index (κ1) is 19.4. The van der Waals surface area contributed by atoms with Crippen LogP contribution in [0.25, 0.3) is 6.08 Å². The van der Waals surface area contributed by atoms with Crippen LogP contribution in [-0.2, 0) is 6.42 Å². The van der Waals surface area contributed by atoms with E-state index in [-0.39, 0.29) is 5.41 Å². The van der Waals surface area contributed by atoms with Crippen LogP contribution in [0.15, 0.2) is 48.0 Å². The molecule has 3 unspecified atom stereocenters. The number of hydrogen-bond acceptors (Lipinski definition) is 3. The van der Waals surface area contributed by atoms with E-state index in [2.05, 4.69) is 25.1 Å². The van der Waals surface area contributed by atoms with Crippen molar-refractivity contribution in [3.63, 3.8) is 0 Å². The predicted molar refractivity (Wildman–Crippen MR) is 120 cm³/mol. The van der Waals surface area contributed by atoms with Crippen LogP contribution < -0.4 is 11.5 Å². The Kier molecular flexibility index (Phi) is 4.51. The summed E-state index contributed by atoms with van der Waals surface area (Å²) in [6.45, 7) is 2.28. The van der Waals surface area contributed by atoms with E-state index in [0.717, 1.165) is 42.5 Å². The second-order valence-electron chi connectivity index (χ2n) is 9.73. The van der Waals surface area contributed by atoms with E-state index < -0.39 is 12.0 Å². The summed E-state index contributed by atoms with van der Waals surface area (Å²) in [6.07, 6.45) is 6.95. The molecule has 30 heavy (non-hydrogen) atoms. The zero-order chi connectivity index (χ0) is 21.0. The fourth-order valence-electron chi connectivity index (χ4n) is 6.60. The topological polar surface area (TPSA) is 89.3 Å². The monoisotopic (exact) mass is 402 g/mol. The predicted octanol–water partition coefficient (Wildman–Crippen LogP) is 4.28. The van der Waals surface area contributed by atoms with Gasteiger partial charge in [-0.15, -0.1) is 0 Å². The summed E-state index contributed by atoms with van der Waals surface area (Å²) in [5.41, 5.74) is 17.7. The van der Waals surface area contributed by atoms with E-state index in [1.54, 1.807) is 6.07 Å². The van der Waals surface area contributed by atoms with Crippen molar-refractivity contribution < 1.29 is 9.90 Å². The minimum absolute atomic E-state index is 0.0837. The van der Waals surface area contributed by atoms with Gasteiger partial charge >= 0.3 is 0 Å². The Morgan fingerprint density at radius 2 is 2.03 bits per heavy atom. The SMILES string of the molecule is C[C@]12CCC3c4ccc(N)cc4CCC3C1C/C(=C\c1cccc(C(N)=O)c1)[C@@H]2O. The molecule has 2 aromatic rings. The highest BCUT2D eigenvalue weighted by atomic mass is 16.3. The third-order valence-electron chi connectivity index (χ3n) is 8.14. The minimum Gasteiger partial charge on any atom is -0.399 e. The standard InChI is InChI=1S/C26H30N2O2/c1-26-10-9-21-20-8-6-19(27)13-16(20)5-7-22(21)23(26)14-18(24(26)29)12-15-3-2-4-17(11-15)25(28)30/h2-4,6,8,11-13,21-24,29H,5,7,9-10,14,27H2,1H3,(H2,28,30)/b18-12+/t21?,22?,23?,24-,26-/m0/s1. The minimum atomic E-state index is -0.437. The summed E-state index contributed by atoms with van der Waals surface area (Å²) in [4.78, 5) is 11.5. The first-order valence-corrected chi connectivity index (χ1v) is 11.0. The highest BCUT2D eigenvalue weighted by Gasteiger charge is 2.56. The number of nitrogen functional groups attached to an aromatic ring is 1. The molecule has 4 nitrogen and oxygen atoms in total. The van der Waals surface area contributed by atoms with E-state index in [1.807, 2.05) is 24.3 Å². The van der Waals surface area contributed by atoms with E-state index >= 15 is 0 Å². The molecule has 2 saturated carbocycles. The molecule has 0 spiro atoms. The van der Waals surface area contributed by atoms with Gasteiger partial charge < -0.3 is 16.6 Å². The summed E-state index contributed by atoms with van der Waals surface area (Å²) in [5.74, 6) is 1.21. The normalized spacial score (nSPS) is 33.6. The number of hydrogen-bond donors (Lipinski definition) is 3. The number of fused-ring (bicyclic) bond motifs is 5. The Labute approximate surface area is 178 Å². The molecule has 2 aromatic carbocycles. The number of anilines is 1. The molecule has 0 aromatic heterocycles. The van der Waals surface area contributed by atoms with Crippen molar-refractivity contribution in [2.45, 2.75) is 51.0 Å². The molecule has 156 valence electrons. The van der Waals surface area contributed by atoms with Crippen LogP contribution in [0.2, 0.25) is 0 Å². The van der Waals surface area contributed by atoms with Gasteiger partial charge in [0.05, 0.1) is 6.10 Å². The van der Waals surface area contributed by atoms with Gasteiger partial charge in [0.25, 0.3) is 0 Å². The van der Waals surface area contributed by atoms with Crippen molar-refractivity contribution in [2.75, 3.05) is 5.73 Å². The van der Waals surface area contributed by atoms with Crippen LogP contribution in [0.4, 0.5) is 5.69 Å². The highest BCUT2D eigenvalue weighted by molar-refractivity contribution is 5.93. The summed E-state index contributed by atoms with van der Waals surface area (Å²) < 4.78 is 0. The van der Waals surface area contributed by atoms with Crippen LogP contribution >= 0.6 is 0 Å². The molecule has 4 heteroatoms. The molecule has 1 amide bonds. The fraction of sp³-hybridized carbons (Fsp3) is 0.423. The fourth-order valence-corrected chi connectivity index (χ4v) is 6.60. The molecule has 5 rings (SSSR count). The Hall–Kier alpha value is -2.59. The number of nitrogens with two attached hydrogens (primary N) is 2. The Morgan fingerprint density at radius 3 is 2.83 bits per heavy atom. The van der Waals surface area contributed by atoms with Crippen LogP contribution in [0.5, 0.6) is 0 Å². The van der Waals surface area contributed by atoms with Crippen LogP contribution in [-0.4, -0.2) is 17.1 Å². The largest absolute Gasteiger partial charge is 0.399 e. The second kappa shape index (κ2) is 6.98. The molecular weight excluding hydrogens is 372 g/mol. The molecule has 5 N–H and O–H groups in total. The van der Waals surface area contributed by atoms with Crippen molar-refractivity contribution in [3.05, 3.63) is 70.3 Å². The molecule has 0 radical (unpaired) electrons. The maximum absolute atomic E-state index is 11.5. The van der Waals surface area contributed by atoms with E-state index in [1.165, 1.54) is 17.5 Å². The van der Waals surface area contributed by atoms with Crippen LogP contribution in [0.1, 0.15) is 65.6 Å². The molecule has 5 atom stereocenters. The maximum Gasteiger partial charge on any atom is 0.248 e. The maximum atomic E-state index is 11.5. The molecular formula is C26H30N2O2. The summed E-state index contributed by atoms with van der Waals surface area (Å²) in [6, 6.07) is 13.8. The number of rotatable bonds is 2. The van der Waals surface area contributed by atoms with Gasteiger partial charge in [0.1, 0.15) is 0 Å². The second-order valence-corrected chi connectivity index (χ2v) is 9.73. The molecule has 3 aliphatic rings. The zero-order valence-corrected chi connectivity index (χ0v) is 17.5. The molecule has 3 aliphatic carbocycles. The van der Waals surface area contributed by atoms with Crippen LogP contribution in [0, 0.1) is 17.3 Å².